The van der Waals surface area contributed by atoms with Crippen LogP contribution >= 0.6 is 0 Å². The van der Waals surface area contributed by atoms with Crippen molar-refractivity contribution in [3.05, 3.63) is 47.5 Å². The van der Waals surface area contributed by atoms with Gasteiger partial charge in [-0.25, -0.2) is 9.07 Å². The van der Waals surface area contributed by atoms with Crippen molar-refractivity contribution in [2.45, 2.75) is 19.9 Å². The Labute approximate surface area is 93.7 Å². The van der Waals surface area contributed by atoms with Crippen molar-refractivity contribution in [1.29, 1.82) is 0 Å². The van der Waals surface area contributed by atoms with Crippen molar-refractivity contribution in [3.8, 4) is 5.69 Å². The van der Waals surface area contributed by atoms with E-state index in [2.05, 4.69) is 5.10 Å². The largest absolute Gasteiger partial charge is 0.324 e. The molecule has 0 fully saturated rings. The average molecular weight is 219 g/mol. The van der Waals surface area contributed by atoms with E-state index in [1.807, 2.05) is 13.8 Å². The minimum atomic E-state index is -0.291. The molecule has 4 heteroatoms. The van der Waals surface area contributed by atoms with Gasteiger partial charge in [-0.2, -0.15) is 5.10 Å². The van der Waals surface area contributed by atoms with Gasteiger partial charge in [-0.15, -0.1) is 0 Å². The quantitative estimate of drug-likeness (QED) is 0.842. The maximum atomic E-state index is 13.5. The summed E-state index contributed by atoms with van der Waals surface area (Å²) in [5.41, 5.74) is 8.00. The van der Waals surface area contributed by atoms with Crippen molar-refractivity contribution < 1.29 is 4.39 Å². The monoisotopic (exact) mass is 219 g/mol. The molecule has 0 spiro atoms. The van der Waals surface area contributed by atoms with Gasteiger partial charge in [0.2, 0.25) is 0 Å². The minimum absolute atomic E-state index is 0.0967. The molecular weight excluding hydrogens is 205 g/mol. The Hall–Kier alpha value is -1.68. The van der Waals surface area contributed by atoms with Crippen molar-refractivity contribution in [2.24, 2.45) is 5.73 Å². The number of aromatic nitrogens is 2. The number of hydrogen-bond donors (Lipinski definition) is 1. The molecule has 3 nitrogen and oxygen atoms in total. The van der Waals surface area contributed by atoms with E-state index in [1.54, 1.807) is 24.4 Å². The van der Waals surface area contributed by atoms with Crippen LogP contribution in [0, 0.1) is 12.7 Å². The number of nitrogens with zero attached hydrogens (tertiary/aromatic N) is 2. The molecule has 1 aromatic carbocycles. The molecule has 1 atom stereocenters. The maximum absolute atomic E-state index is 13.5. The van der Waals surface area contributed by atoms with Crippen molar-refractivity contribution in [2.75, 3.05) is 0 Å². The number of hydrogen-bond acceptors (Lipinski definition) is 2. The second kappa shape index (κ2) is 4.06. The van der Waals surface area contributed by atoms with Crippen LogP contribution in [0.1, 0.15) is 24.2 Å². The first-order chi connectivity index (χ1) is 7.59. The van der Waals surface area contributed by atoms with E-state index in [0.717, 1.165) is 11.3 Å². The fraction of sp³-hybridized carbons (Fsp3) is 0.250. The molecule has 2 rings (SSSR count). The summed E-state index contributed by atoms with van der Waals surface area (Å²) in [5, 5.41) is 4.26. The molecule has 0 saturated carbocycles. The molecule has 0 aliphatic rings. The SMILES string of the molecule is Cc1nn(-c2ccccc2F)cc1[C@@H](C)N. The van der Waals surface area contributed by atoms with Crippen LogP contribution in [0.15, 0.2) is 30.5 Å². The van der Waals surface area contributed by atoms with Crippen LogP contribution in [0.2, 0.25) is 0 Å². The van der Waals surface area contributed by atoms with Crippen LogP contribution in [0.5, 0.6) is 0 Å². The highest BCUT2D eigenvalue weighted by atomic mass is 19.1. The van der Waals surface area contributed by atoms with Crippen molar-refractivity contribution in [3.63, 3.8) is 0 Å². The number of nitrogens with two attached hydrogens (primary N) is 1. The molecular formula is C12H14FN3. The number of aryl methyl sites for hydroxylation is 1. The summed E-state index contributed by atoms with van der Waals surface area (Å²) in [4.78, 5) is 0. The van der Waals surface area contributed by atoms with E-state index in [0.29, 0.717) is 5.69 Å². The Kier molecular flexibility index (Phi) is 2.75. The fourth-order valence-corrected chi connectivity index (χ4v) is 1.68. The number of para-hydroxylation sites is 1. The standard InChI is InChI=1S/C12H14FN3/c1-8(14)10-7-16(15-9(10)2)12-6-4-3-5-11(12)13/h3-8H,14H2,1-2H3/t8-/m1/s1. The summed E-state index contributed by atoms with van der Waals surface area (Å²) in [7, 11) is 0. The molecule has 1 heterocycles. The predicted octanol–water partition coefficient (Wildman–Crippen LogP) is 2.34. The molecule has 0 unspecified atom stereocenters. The van der Waals surface area contributed by atoms with Crippen LogP contribution in [0.25, 0.3) is 5.69 Å². The van der Waals surface area contributed by atoms with Gasteiger partial charge in [-0.3, -0.25) is 0 Å². The molecule has 0 amide bonds. The van der Waals surface area contributed by atoms with Crippen LogP contribution in [0.4, 0.5) is 4.39 Å². The predicted molar refractivity (Wildman–Crippen MR) is 60.9 cm³/mol. The van der Waals surface area contributed by atoms with E-state index < -0.39 is 0 Å². The highest BCUT2D eigenvalue weighted by molar-refractivity contribution is 5.34. The Morgan fingerprint density at radius 2 is 2.06 bits per heavy atom. The second-order valence-electron chi connectivity index (χ2n) is 3.85. The fourth-order valence-electron chi connectivity index (χ4n) is 1.68. The Morgan fingerprint density at radius 1 is 1.38 bits per heavy atom. The van der Waals surface area contributed by atoms with Gasteiger partial charge in [0.05, 0.1) is 5.69 Å². The lowest BCUT2D eigenvalue weighted by atomic mass is 10.1. The third-order valence-corrected chi connectivity index (χ3v) is 2.53. The summed E-state index contributed by atoms with van der Waals surface area (Å²) >= 11 is 0. The first kappa shape index (κ1) is 10.8. The molecule has 0 aliphatic heterocycles. The summed E-state index contributed by atoms with van der Waals surface area (Å²) in [6.45, 7) is 3.76. The normalized spacial score (nSPS) is 12.8. The number of benzene rings is 1. The first-order valence-corrected chi connectivity index (χ1v) is 5.16. The highest BCUT2D eigenvalue weighted by Crippen LogP contribution is 2.18. The molecule has 0 bridgehead atoms. The van der Waals surface area contributed by atoms with Gasteiger partial charge < -0.3 is 5.73 Å². The molecule has 0 saturated heterocycles. The lowest BCUT2D eigenvalue weighted by molar-refractivity contribution is 0.610. The van der Waals surface area contributed by atoms with Gasteiger partial charge in [0, 0.05) is 17.8 Å². The molecule has 0 aliphatic carbocycles. The van der Waals surface area contributed by atoms with E-state index in [-0.39, 0.29) is 11.9 Å². The van der Waals surface area contributed by atoms with Crippen LogP contribution < -0.4 is 5.73 Å². The maximum Gasteiger partial charge on any atom is 0.148 e. The Bertz CT molecular complexity index is 503. The zero-order valence-electron chi connectivity index (χ0n) is 9.31. The van der Waals surface area contributed by atoms with E-state index in [4.69, 9.17) is 5.73 Å². The third kappa shape index (κ3) is 1.84. The lowest BCUT2D eigenvalue weighted by Gasteiger charge is -2.02. The first-order valence-electron chi connectivity index (χ1n) is 5.16. The topological polar surface area (TPSA) is 43.8 Å². The second-order valence-corrected chi connectivity index (χ2v) is 3.85. The van der Waals surface area contributed by atoms with Crippen molar-refractivity contribution in [1.82, 2.24) is 9.78 Å². The molecule has 84 valence electrons. The van der Waals surface area contributed by atoms with Gasteiger partial charge >= 0.3 is 0 Å². The van der Waals surface area contributed by atoms with E-state index >= 15 is 0 Å². The van der Waals surface area contributed by atoms with Crippen LogP contribution in [0.3, 0.4) is 0 Å². The zero-order chi connectivity index (χ0) is 11.7. The number of halogens is 1. The lowest BCUT2D eigenvalue weighted by Crippen LogP contribution is -2.05. The zero-order valence-corrected chi connectivity index (χ0v) is 9.31. The Balaban J connectivity index is 2.50. The minimum Gasteiger partial charge on any atom is -0.324 e. The summed E-state index contributed by atoms with van der Waals surface area (Å²) in [5.74, 6) is -0.291. The summed E-state index contributed by atoms with van der Waals surface area (Å²) in [6, 6.07) is 6.44. The molecule has 1 aromatic heterocycles. The van der Waals surface area contributed by atoms with Gasteiger partial charge in [0.15, 0.2) is 0 Å². The summed E-state index contributed by atoms with van der Waals surface area (Å²) < 4.78 is 15.1. The average Bonchev–Trinajstić information content (AvgIpc) is 2.61. The molecule has 0 radical (unpaired) electrons. The molecule has 2 aromatic rings. The van der Waals surface area contributed by atoms with E-state index in [9.17, 15) is 4.39 Å². The van der Waals surface area contributed by atoms with Crippen LogP contribution in [-0.2, 0) is 0 Å². The molecule has 16 heavy (non-hydrogen) atoms. The molecule has 2 N–H and O–H groups in total. The van der Waals surface area contributed by atoms with Gasteiger partial charge in [0.25, 0.3) is 0 Å². The summed E-state index contributed by atoms with van der Waals surface area (Å²) in [6.07, 6.45) is 1.78. The highest BCUT2D eigenvalue weighted by Gasteiger charge is 2.11. The van der Waals surface area contributed by atoms with Gasteiger partial charge in [-0.1, -0.05) is 12.1 Å². The van der Waals surface area contributed by atoms with Crippen molar-refractivity contribution >= 4 is 0 Å². The number of rotatable bonds is 2. The third-order valence-electron chi connectivity index (χ3n) is 2.53. The smallest absolute Gasteiger partial charge is 0.148 e. The van der Waals surface area contributed by atoms with E-state index in [1.165, 1.54) is 10.7 Å². The van der Waals surface area contributed by atoms with Crippen LogP contribution in [-0.4, -0.2) is 9.78 Å². The van der Waals surface area contributed by atoms with Gasteiger partial charge in [-0.05, 0) is 26.0 Å². The van der Waals surface area contributed by atoms with Gasteiger partial charge in [0.1, 0.15) is 11.5 Å². The Morgan fingerprint density at radius 3 is 2.62 bits per heavy atom.